The van der Waals surface area contributed by atoms with Crippen LogP contribution in [0.3, 0.4) is 0 Å². The molecule has 1 aliphatic rings. The number of ether oxygens (including phenoxy) is 1. The van der Waals surface area contributed by atoms with Gasteiger partial charge in [-0.25, -0.2) is 4.79 Å². The van der Waals surface area contributed by atoms with E-state index in [4.69, 9.17) is 9.84 Å². The van der Waals surface area contributed by atoms with Crippen LogP contribution in [0.5, 0.6) is 0 Å². The predicted octanol–water partition coefficient (Wildman–Crippen LogP) is 3.28. The Bertz CT molecular complexity index is 897. The molecule has 7 nitrogen and oxygen atoms in total. The van der Waals surface area contributed by atoms with Crippen molar-refractivity contribution in [2.45, 2.75) is 44.7 Å². The highest BCUT2D eigenvalue weighted by atomic mass is 16.5. The van der Waals surface area contributed by atoms with E-state index in [1.54, 1.807) is 13.8 Å². The van der Waals surface area contributed by atoms with Crippen molar-refractivity contribution in [1.82, 2.24) is 10.6 Å². The number of aliphatic carboxylic acids is 1. The van der Waals surface area contributed by atoms with Gasteiger partial charge in [0.05, 0.1) is 6.42 Å². The van der Waals surface area contributed by atoms with Crippen LogP contribution < -0.4 is 10.6 Å². The minimum atomic E-state index is -0.979. The van der Waals surface area contributed by atoms with E-state index in [2.05, 4.69) is 22.8 Å². The number of carboxylic acids is 1. The summed E-state index contributed by atoms with van der Waals surface area (Å²) >= 11 is 0. The summed E-state index contributed by atoms with van der Waals surface area (Å²) in [7, 11) is 0. The van der Waals surface area contributed by atoms with Gasteiger partial charge < -0.3 is 20.5 Å². The summed E-state index contributed by atoms with van der Waals surface area (Å²) < 4.78 is 5.47. The van der Waals surface area contributed by atoms with Crippen LogP contribution in [0.4, 0.5) is 4.79 Å². The van der Waals surface area contributed by atoms with Gasteiger partial charge in [0.25, 0.3) is 0 Å². The van der Waals surface area contributed by atoms with E-state index in [0.717, 1.165) is 22.3 Å². The SMILES string of the molecule is CC(CC(=O)N[C@@H](C)CC(=O)O)NC(=O)OCC1c2ccccc2-c2ccccc21. The second-order valence-electron chi connectivity index (χ2n) is 7.64. The number of hydrogen-bond acceptors (Lipinski definition) is 4. The summed E-state index contributed by atoms with van der Waals surface area (Å²) in [6, 6.07) is 15.3. The highest BCUT2D eigenvalue weighted by Gasteiger charge is 2.29. The lowest BCUT2D eigenvalue weighted by atomic mass is 9.98. The number of carbonyl (C=O) groups is 3. The first kappa shape index (κ1) is 21.4. The molecule has 2 amide bonds. The molecule has 158 valence electrons. The number of nitrogens with one attached hydrogen (secondary N) is 2. The largest absolute Gasteiger partial charge is 0.481 e. The predicted molar refractivity (Wildman–Crippen MR) is 112 cm³/mol. The zero-order valence-corrected chi connectivity index (χ0v) is 17.1. The molecule has 30 heavy (non-hydrogen) atoms. The highest BCUT2D eigenvalue weighted by Crippen LogP contribution is 2.44. The third-order valence-electron chi connectivity index (χ3n) is 5.09. The van der Waals surface area contributed by atoms with Gasteiger partial charge in [-0.2, -0.15) is 0 Å². The molecule has 0 heterocycles. The third-order valence-corrected chi connectivity index (χ3v) is 5.09. The molecule has 0 fully saturated rings. The lowest BCUT2D eigenvalue weighted by Crippen LogP contribution is -2.40. The van der Waals surface area contributed by atoms with Crippen LogP contribution in [-0.4, -0.2) is 41.8 Å². The Hall–Kier alpha value is -3.35. The summed E-state index contributed by atoms with van der Waals surface area (Å²) in [6.07, 6.45) is -0.704. The molecule has 0 radical (unpaired) electrons. The van der Waals surface area contributed by atoms with Crippen molar-refractivity contribution in [3.63, 3.8) is 0 Å². The highest BCUT2D eigenvalue weighted by molar-refractivity contribution is 5.80. The number of carbonyl (C=O) groups excluding carboxylic acids is 2. The first-order valence-corrected chi connectivity index (χ1v) is 9.97. The van der Waals surface area contributed by atoms with Gasteiger partial charge in [-0.05, 0) is 36.1 Å². The summed E-state index contributed by atoms with van der Waals surface area (Å²) in [5.74, 6) is -1.33. The summed E-state index contributed by atoms with van der Waals surface area (Å²) in [4.78, 5) is 34.9. The second kappa shape index (κ2) is 9.43. The van der Waals surface area contributed by atoms with Gasteiger partial charge in [0.15, 0.2) is 0 Å². The van der Waals surface area contributed by atoms with Crippen LogP contribution >= 0.6 is 0 Å². The summed E-state index contributed by atoms with van der Waals surface area (Å²) in [6.45, 7) is 3.52. The number of alkyl carbamates (subject to hydrolysis) is 1. The molecule has 2 aromatic carbocycles. The zero-order valence-electron chi connectivity index (χ0n) is 17.1. The molecule has 0 spiro atoms. The molecule has 0 aromatic heterocycles. The van der Waals surface area contributed by atoms with Crippen LogP contribution in [0.1, 0.15) is 43.7 Å². The molecule has 0 saturated carbocycles. The number of benzene rings is 2. The third kappa shape index (κ3) is 5.17. The number of hydrogen-bond donors (Lipinski definition) is 3. The van der Waals surface area contributed by atoms with Gasteiger partial charge in [0.1, 0.15) is 6.61 Å². The molecule has 1 unspecified atom stereocenters. The van der Waals surface area contributed by atoms with Gasteiger partial charge in [-0.3, -0.25) is 9.59 Å². The fourth-order valence-electron chi connectivity index (χ4n) is 3.82. The lowest BCUT2D eigenvalue weighted by molar-refractivity contribution is -0.137. The van der Waals surface area contributed by atoms with Gasteiger partial charge in [0, 0.05) is 24.4 Å². The molecular formula is C23H26N2O5. The first-order chi connectivity index (χ1) is 14.3. The van der Waals surface area contributed by atoms with E-state index in [0.29, 0.717) is 0 Å². The van der Waals surface area contributed by atoms with Gasteiger partial charge in [0.2, 0.25) is 5.91 Å². The second-order valence-corrected chi connectivity index (χ2v) is 7.64. The normalized spacial score (nSPS) is 14.2. The van der Waals surface area contributed by atoms with E-state index in [1.165, 1.54) is 0 Å². The van der Waals surface area contributed by atoms with Crippen LogP contribution in [-0.2, 0) is 14.3 Å². The molecule has 2 aromatic rings. The van der Waals surface area contributed by atoms with E-state index >= 15 is 0 Å². The number of amides is 2. The van der Waals surface area contributed by atoms with Crippen molar-refractivity contribution < 1.29 is 24.2 Å². The Balaban J connectivity index is 1.51. The van der Waals surface area contributed by atoms with Crippen LogP contribution in [0.15, 0.2) is 48.5 Å². The fraction of sp³-hybridized carbons (Fsp3) is 0.348. The maximum Gasteiger partial charge on any atom is 0.407 e. The van der Waals surface area contributed by atoms with Crippen molar-refractivity contribution >= 4 is 18.0 Å². The molecule has 2 atom stereocenters. The quantitative estimate of drug-likeness (QED) is 0.619. The molecular weight excluding hydrogens is 384 g/mol. The monoisotopic (exact) mass is 410 g/mol. The standard InChI is InChI=1S/C23H26N2O5/c1-14(11-21(26)24-15(2)12-22(27)28)25-23(29)30-13-20-18-9-5-3-7-16(18)17-8-4-6-10-19(17)20/h3-10,14-15,20H,11-13H2,1-2H3,(H,24,26)(H,25,29)(H,27,28)/t14?,15-/m0/s1. The van der Waals surface area contributed by atoms with E-state index < -0.39 is 24.1 Å². The van der Waals surface area contributed by atoms with Crippen LogP contribution in [0.2, 0.25) is 0 Å². The molecule has 0 aliphatic heterocycles. The Morgan fingerprint density at radius 2 is 1.43 bits per heavy atom. The van der Waals surface area contributed by atoms with E-state index in [1.807, 2.05) is 36.4 Å². The maximum atomic E-state index is 12.2. The van der Waals surface area contributed by atoms with Crippen LogP contribution in [0, 0.1) is 0 Å². The van der Waals surface area contributed by atoms with Crippen molar-refractivity contribution in [3.8, 4) is 11.1 Å². The maximum absolute atomic E-state index is 12.2. The van der Waals surface area contributed by atoms with Crippen molar-refractivity contribution in [1.29, 1.82) is 0 Å². The molecule has 0 saturated heterocycles. The van der Waals surface area contributed by atoms with E-state index in [-0.39, 0.29) is 31.3 Å². The molecule has 0 bridgehead atoms. The number of rotatable bonds is 8. The Labute approximate surface area is 175 Å². The Morgan fingerprint density at radius 1 is 0.900 bits per heavy atom. The minimum Gasteiger partial charge on any atom is -0.481 e. The lowest BCUT2D eigenvalue weighted by Gasteiger charge is -2.18. The van der Waals surface area contributed by atoms with Gasteiger partial charge in [-0.1, -0.05) is 48.5 Å². The molecule has 3 rings (SSSR count). The number of fused-ring (bicyclic) bond motifs is 3. The smallest absolute Gasteiger partial charge is 0.407 e. The van der Waals surface area contributed by atoms with Crippen LogP contribution in [0.25, 0.3) is 11.1 Å². The van der Waals surface area contributed by atoms with Gasteiger partial charge in [-0.15, -0.1) is 0 Å². The van der Waals surface area contributed by atoms with Crippen molar-refractivity contribution in [2.24, 2.45) is 0 Å². The summed E-state index contributed by atoms with van der Waals surface area (Å²) in [5.41, 5.74) is 4.57. The van der Waals surface area contributed by atoms with Gasteiger partial charge >= 0.3 is 12.1 Å². The summed E-state index contributed by atoms with van der Waals surface area (Å²) in [5, 5.41) is 14.0. The van der Waals surface area contributed by atoms with Crippen molar-refractivity contribution in [2.75, 3.05) is 6.61 Å². The molecule has 1 aliphatic carbocycles. The zero-order chi connectivity index (χ0) is 21.7. The van der Waals surface area contributed by atoms with E-state index in [9.17, 15) is 14.4 Å². The topological polar surface area (TPSA) is 105 Å². The average Bonchev–Trinajstić information content (AvgIpc) is 2.99. The average molecular weight is 410 g/mol. The molecule has 3 N–H and O–H groups in total. The number of carboxylic acid groups (broad SMARTS) is 1. The minimum absolute atomic E-state index is 0.0291. The molecule has 7 heteroatoms. The fourth-order valence-corrected chi connectivity index (χ4v) is 3.82. The first-order valence-electron chi connectivity index (χ1n) is 9.97. The Morgan fingerprint density at radius 3 is 2.00 bits per heavy atom. The Kier molecular flexibility index (Phi) is 6.72. The van der Waals surface area contributed by atoms with Crippen molar-refractivity contribution in [3.05, 3.63) is 59.7 Å².